The van der Waals surface area contributed by atoms with E-state index in [0.717, 1.165) is 6.54 Å². The lowest BCUT2D eigenvalue weighted by Gasteiger charge is -2.28. The number of rotatable bonds is 7. The average molecular weight is 203 g/mol. The molecule has 0 saturated heterocycles. The summed E-state index contributed by atoms with van der Waals surface area (Å²) in [6.07, 6.45) is 4.79. The summed E-state index contributed by atoms with van der Waals surface area (Å²) in [5.41, 5.74) is 0.491. The first-order valence-corrected chi connectivity index (χ1v) is 6.63. The molecule has 1 unspecified atom stereocenters. The molecule has 1 atom stereocenters. The molecule has 0 rings (SSSR count). The third-order valence-corrected chi connectivity index (χ3v) is 3.01. The molecule has 1 nitrogen and oxygen atoms in total. The first-order valence-electron chi connectivity index (χ1n) is 5.24. The third kappa shape index (κ3) is 7.39. The normalized spacial score (nSPS) is 14.5. The number of hydrogen-bond acceptors (Lipinski definition) is 2. The quantitative estimate of drug-likeness (QED) is 0.682. The van der Waals surface area contributed by atoms with E-state index >= 15 is 0 Å². The molecule has 0 radical (unpaired) electrons. The first-order chi connectivity index (χ1) is 6.02. The van der Waals surface area contributed by atoms with E-state index in [0.29, 0.717) is 11.5 Å². The number of nitrogens with one attached hydrogen (secondary N) is 1. The van der Waals surface area contributed by atoms with Crippen LogP contribution >= 0.6 is 11.8 Å². The van der Waals surface area contributed by atoms with Crippen molar-refractivity contribution in [2.24, 2.45) is 5.41 Å². The van der Waals surface area contributed by atoms with Gasteiger partial charge in [-0.1, -0.05) is 20.8 Å². The van der Waals surface area contributed by atoms with Crippen molar-refractivity contribution < 1.29 is 0 Å². The smallest absolute Gasteiger partial charge is 0.00436 e. The summed E-state index contributed by atoms with van der Waals surface area (Å²) in [6, 6.07) is 0.654. The maximum Gasteiger partial charge on any atom is 0.00436 e. The highest BCUT2D eigenvalue weighted by atomic mass is 32.2. The van der Waals surface area contributed by atoms with Gasteiger partial charge in [-0.05, 0) is 43.7 Å². The Morgan fingerprint density at radius 3 is 2.46 bits per heavy atom. The zero-order valence-corrected chi connectivity index (χ0v) is 10.6. The lowest BCUT2D eigenvalue weighted by atomic mass is 9.83. The van der Waals surface area contributed by atoms with Gasteiger partial charge in [0.1, 0.15) is 0 Å². The topological polar surface area (TPSA) is 12.0 Å². The Kier molecular flexibility index (Phi) is 6.88. The SMILES string of the molecule is CCNC(C)CC(C)(C)CCSC. The fraction of sp³-hybridized carbons (Fsp3) is 1.00. The Bertz CT molecular complexity index is 123. The summed E-state index contributed by atoms with van der Waals surface area (Å²) in [7, 11) is 0. The number of thioether (sulfide) groups is 1. The monoisotopic (exact) mass is 203 g/mol. The minimum absolute atomic E-state index is 0.491. The van der Waals surface area contributed by atoms with Gasteiger partial charge in [-0.3, -0.25) is 0 Å². The van der Waals surface area contributed by atoms with Crippen molar-refractivity contribution in [2.75, 3.05) is 18.6 Å². The Morgan fingerprint density at radius 1 is 1.38 bits per heavy atom. The van der Waals surface area contributed by atoms with Crippen LogP contribution in [-0.2, 0) is 0 Å². The molecule has 0 heterocycles. The van der Waals surface area contributed by atoms with E-state index < -0.39 is 0 Å². The summed E-state index contributed by atoms with van der Waals surface area (Å²) >= 11 is 1.95. The first kappa shape index (κ1) is 13.3. The van der Waals surface area contributed by atoms with Gasteiger partial charge in [0.15, 0.2) is 0 Å². The second-order valence-corrected chi connectivity index (χ2v) is 5.56. The van der Waals surface area contributed by atoms with Crippen molar-refractivity contribution >= 4 is 11.8 Å². The fourth-order valence-corrected chi connectivity index (χ4v) is 2.49. The van der Waals surface area contributed by atoms with E-state index in [9.17, 15) is 0 Å². The number of hydrogen-bond donors (Lipinski definition) is 1. The van der Waals surface area contributed by atoms with Gasteiger partial charge in [-0.15, -0.1) is 0 Å². The molecule has 80 valence electrons. The zero-order chi connectivity index (χ0) is 10.3. The highest BCUT2D eigenvalue weighted by Crippen LogP contribution is 2.27. The predicted octanol–water partition coefficient (Wildman–Crippen LogP) is 3.15. The predicted molar refractivity (Wildman–Crippen MR) is 64.5 cm³/mol. The van der Waals surface area contributed by atoms with Crippen molar-refractivity contribution in [1.29, 1.82) is 0 Å². The van der Waals surface area contributed by atoms with E-state index in [4.69, 9.17) is 0 Å². The molecule has 0 saturated carbocycles. The second kappa shape index (κ2) is 6.72. The Hall–Kier alpha value is 0.310. The summed E-state index contributed by atoms with van der Waals surface area (Å²) in [5, 5.41) is 3.47. The van der Waals surface area contributed by atoms with Gasteiger partial charge in [-0.25, -0.2) is 0 Å². The van der Waals surface area contributed by atoms with Crippen LogP contribution < -0.4 is 5.32 Å². The van der Waals surface area contributed by atoms with Crippen LogP contribution in [0.1, 0.15) is 40.5 Å². The Balaban J connectivity index is 3.71. The van der Waals surface area contributed by atoms with Crippen LogP contribution in [-0.4, -0.2) is 24.6 Å². The summed E-state index contributed by atoms with van der Waals surface area (Å²) in [5.74, 6) is 1.28. The van der Waals surface area contributed by atoms with Gasteiger partial charge in [0.2, 0.25) is 0 Å². The lowest BCUT2D eigenvalue weighted by molar-refractivity contribution is 0.283. The van der Waals surface area contributed by atoms with Crippen molar-refractivity contribution in [3.05, 3.63) is 0 Å². The molecule has 0 aromatic rings. The van der Waals surface area contributed by atoms with Crippen LogP contribution in [0, 0.1) is 5.41 Å². The molecular formula is C11H25NS. The molecule has 0 bridgehead atoms. The Morgan fingerprint density at radius 2 is 2.00 bits per heavy atom. The largest absolute Gasteiger partial charge is 0.315 e. The highest BCUT2D eigenvalue weighted by Gasteiger charge is 2.19. The van der Waals surface area contributed by atoms with E-state index in [-0.39, 0.29) is 0 Å². The van der Waals surface area contributed by atoms with Crippen LogP contribution in [0.4, 0.5) is 0 Å². The molecule has 0 amide bonds. The van der Waals surface area contributed by atoms with Crippen LogP contribution in [0.5, 0.6) is 0 Å². The minimum Gasteiger partial charge on any atom is -0.315 e. The van der Waals surface area contributed by atoms with Gasteiger partial charge in [0.25, 0.3) is 0 Å². The van der Waals surface area contributed by atoms with Crippen molar-refractivity contribution in [3.8, 4) is 0 Å². The highest BCUT2D eigenvalue weighted by molar-refractivity contribution is 7.98. The second-order valence-electron chi connectivity index (χ2n) is 4.57. The summed E-state index contributed by atoms with van der Waals surface area (Å²) in [6.45, 7) is 10.3. The standard InChI is InChI=1S/C11H25NS/c1-6-12-10(2)9-11(3,4)7-8-13-5/h10,12H,6-9H2,1-5H3. The van der Waals surface area contributed by atoms with Crippen molar-refractivity contribution in [3.63, 3.8) is 0 Å². The molecule has 0 aromatic carbocycles. The maximum absolute atomic E-state index is 3.47. The van der Waals surface area contributed by atoms with Crippen LogP contribution in [0.3, 0.4) is 0 Å². The molecule has 0 spiro atoms. The molecular weight excluding hydrogens is 178 g/mol. The molecule has 13 heavy (non-hydrogen) atoms. The van der Waals surface area contributed by atoms with Crippen LogP contribution in [0.25, 0.3) is 0 Å². The maximum atomic E-state index is 3.47. The Labute approximate surface area is 88.1 Å². The summed E-state index contributed by atoms with van der Waals surface area (Å²) < 4.78 is 0. The van der Waals surface area contributed by atoms with E-state index in [2.05, 4.69) is 39.3 Å². The van der Waals surface area contributed by atoms with Crippen molar-refractivity contribution in [1.82, 2.24) is 5.32 Å². The van der Waals surface area contributed by atoms with Crippen LogP contribution in [0.2, 0.25) is 0 Å². The molecule has 1 N–H and O–H groups in total. The fourth-order valence-electron chi connectivity index (χ4n) is 1.73. The molecule has 0 aliphatic heterocycles. The third-order valence-electron chi connectivity index (χ3n) is 2.39. The molecule has 0 aliphatic carbocycles. The van der Waals surface area contributed by atoms with Gasteiger partial charge < -0.3 is 5.32 Å². The van der Waals surface area contributed by atoms with Gasteiger partial charge in [-0.2, -0.15) is 11.8 Å². The van der Waals surface area contributed by atoms with Gasteiger partial charge >= 0.3 is 0 Å². The van der Waals surface area contributed by atoms with Crippen molar-refractivity contribution in [2.45, 2.75) is 46.6 Å². The molecule has 0 aliphatic rings. The van der Waals surface area contributed by atoms with E-state index in [1.54, 1.807) is 0 Å². The average Bonchev–Trinajstić information content (AvgIpc) is 2.00. The van der Waals surface area contributed by atoms with Gasteiger partial charge in [0.05, 0.1) is 0 Å². The molecule has 2 heteroatoms. The minimum atomic E-state index is 0.491. The van der Waals surface area contributed by atoms with Gasteiger partial charge in [0, 0.05) is 6.04 Å². The molecule has 0 fully saturated rings. The summed E-state index contributed by atoms with van der Waals surface area (Å²) in [4.78, 5) is 0. The van der Waals surface area contributed by atoms with Crippen LogP contribution in [0.15, 0.2) is 0 Å². The zero-order valence-electron chi connectivity index (χ0n) is 9.81. The molecule has 0 aromatic heterocycles. The van der Waals surface area contributed by atoms with E-state index in [1.165, 1.54) is 18.6 Å². The lowest BCUT2D eigenvalue weighted by Crippen LogP contribution is -2.31. The van der Waals surface area contributed by atoms with E-state index in [1.807, 2.05) is 11.8 Å².